The van der Waals surface area contributed by atoms with Gasteiger partial charge in [0.1, 0.15) is 48.2 Å². The van der Waals surface area contributed by atoms with Gasteiger partial charge >= 0.3 is 5.69 Å². The van der Waals surface area contributed by atoms with Gasteiger partial charge in [0.05, 0.1) is 24.7 Å². The summed E-state index contributed by atoms with van der Waals surface area (Å²) >= 11 is 1.56. The Hall–Kier alpha value is -2.70. The molecular weight excluding hydrogens is 572 g/mol. The molecule has 0 amide bonds. The summed E-state index contributed by atoms with van der Waals surface area (Å²) in [5.41, 5.74) is 0.110. The lowest BCUT2D eigenvalue weighted by Gasteiger charge is -2.25. The van der Waals surface area contributed by atoms with Crippen molar-refractivity contribution in [1.82, 2.24) is 29.1 Å². The number of ether oxygens (including phenoxy) is 6. The van der Waals surface area contributed by atoms with E-state index in [0.29, 0.717) is 28.5 Å². The third kappa shape index (κ3) is 4.79. The van der Waals surface area contributed by atoms with E-state index in [-0.39, 0.29) is 6.61 Å². The molecule has 4 aliphatic heterocycles. The monoisotopic (exact) mass is 604 g/mol. The highest BCUT2D eigenvalue weighted by Crippen LogP contribution is 2.45. The lowest BCUT2D eigenvalue weighted by molar-refractivity contribution is -0.199. The molecule has 0 spiro atoms. The molecule has 7 heterocycles. The van der Waals surface area contributed by atoms with Crippen LogP contribution in [-0.2, 0) is 34.2 Å². The van der Waals surface area contributed by atoms with Crippen molar-refractivity contribution in [2.45, 2.75) is 94.1 Å². The Bertz CT molecular complexity index is 1610. The normalized spacial score (nSPS) is 34.7. The fourth-order valence-electron chi connectivity index (χ4n) is 6.19. The highest BCUT2D eigenvalue weighted by atomic mass is 32.2. The maximum absolute atomic E-state index is 12.6. The number of hydrogen-bond acceptors (Lipinski definition) is 13. The van der Waals surface area contributed by atoms with Crippen LogP contribution in [0.4, 0.5) is 0 Å². The molecule has 4 fully saturated rings. The van der Waals surface area contributed by atoms with Crippen molar-refractivity contribution in [2.75, 3.05) is 12.4 Å². The second-order valence-electron chi connectivity index (χ2n) is 11.6. The van der Waals surface area contributed by atoms with E-state index < -0.39 is 71.9 Å². The van der Waals surface area contributed by atoms with Crippen molar-refractivity contribution in [2.24, 2.45) is 0 Å². The molecule has 3 aromatic heterocycles. The van der Waals surface area contributed by atoms with Crippen LogP contribution in [0, 0.1) is 0 Å². The van der Waals surface area contributed by atoms with Crippen LogP contribution in [-0.4, -0.2) is 94.7 Å². The molecule has 15 nitrogen and oxygen atoms in total. The molecule has 16 heteroatoms. The molecule has 0 unspecified atom stereocenters. The zero-order valence-electron chi connectivity index (χ0n) is 23.4. The van der Waals surface area contributed by atoms with E-state index >= 15 is 0 Å². The van der Waals surface area contributed by atoms with Gasteiger partial charge in [0, 0.05) is 18.0 Å². The SMILES string of the molecule is CC1(C)O[C@@H]2[C@H](O1)[C@@H](CSCc1nc3cncnc3n1[C@@H]1O[C@H](CO)[C@H]3OC(C)(C)O[C@H]31)O[C@H]2n1ccc(=O)[nH]c1=O. The van der Waals surface area contributed by atoms with E-state index in [0.717, 1.165) is 0 Å². The molecule has 3 aromatic rings. The number of aliphatic hydroxyl groups excluding tert-OH is 1. The average molecular weight is 605 g/mol. The van der Waals surface area contributed by atoms with Crippen LogP contribution in [0.3, 0.4) is 0 Å². The summed E-state index contributed by atoms with van der Waals surface area (Å²) in [5.74, 6) is -0.0730. The maximum Gasteiger partial charge on any atom is 0.330 e. The number of imidazole rings is 1. The van der Waals surface area contributed by atoms with E-state index in [4.69, 9.17) is 33.4 Å². The Morgan fingerprint density at radius 1 is 0.976 bits per heavy atom. The van der Waals surface area contributed by atoms with Gasteiger partial charge in [-0.1, -0.05) is 0 Å². The standard InChI is InChI=1S/C26H32N6O9S/c1-25(2)38-17-13(8-33)36-23(20(17)41-25)32-15(29-12-7-27-11-28-21(12)32)10-42-9-14-18-19(40-26(3,4)39-18)22(37-14)31-6-5-16(34)30-24(31)35/h5-7,11,13-14,17-20,22-23,33H,8-10H2,1-4H3,(H,30,34,35)/t13-,14-,17-,18-,19-,20-,22-,23-/m1/s1. The minimum Gasteiger partial charge on any atom is -0.394 e. The Balaban J connectivity index is 1.13. The number of rotatable bonds is 7. The van der Waals surface area contributed by atoms with E-state index in [1.807, 2.05) is 32.3 Å². The molecule has 4 aliphatic rings. The van der Waals surface area contributed by atoms with Gasteiger partial charge < -0.3 is 33.5 Å². The van der Waals surface area contributed by atoms with E-state index in [1.165, 1.54) is 23.2 Å². The number of aromatic nitrogens is 6. The lowest BCUT2D eigenvalue weighted by atomic mass is 10.1. The largest absolute Gasteiger partial charge is 0.394 e. The molecule has 226 valence electrons. The average Bonchev–Trinajstić information content (AvgIpc) is 3.69. The topological polar surface area (TPSA) is 174 Å². The number of nitrogens with one attached hydrogen (secondary N) is 1. The maximum atomic E-state index is 12.6. The van der Waals surface area contributed by atoms with Gasteiger partial charge in [-0.25, -0.2) is 19.7 Å². The summed E-state index contributed by atoms with van der Waals surface area (Å²) in [4.78, 5) is 39.8. The number of aromatic amines is 1. The Morgan fingerprint density at radius 3 is 2.36 bits per heavy atom. The van der Waals surface area contributed by atoms with Crippen LogP contribution >= 0.6 is 11.8 Å². The summed E-state index contributed by atoms with van der Waals surface area (Å²) in [6, 6.07) is 1.27. The van der Waals surface area contributed by atoms with Crippen molar-refractivity contribution in [3.63, 3.8) is 0 Å². The van der Waals surface area contributed by atoms with Crippen molar-refractivity contribution in [3.8, 4) is 0 Å². The first-order valence-corrected chi connectivity index (χ1v) is 14.9. The molecule has 4 saturated heterocycles. The Labute approximate surface area is 243 Å². The number of nitrogens with zero attached hydrogens (tertiary/aromatic N) is 5. The first-order valence-electron chi connectivity index (χ1n) is 13.7. The van der Waals surface area contributed by atoms with Gasteiger partial charge in [-0.15, -0.1) is 0 Å². The van der Waals surface area contributed by atoms with E-state index in [1.54, 1.807) is 18.0 Å². The first-order chi connectivity index (χ1) is 20.0. The molecule has 0 aromatic carbocycles. The number of fused-ring (bicyclic) bond motifs is 3. The summed E-state index contributed by atoms with van der Waals surface area (Å²) < 4.78 is 40.3. The van der Waals surface area contributed by atoms with Crippen molar-refractivity contribution in [1.29, 1.82) is 0 Å². The highest BCUT2D eigenvalue weighted by Gasteiger charge is 2.57. The summed E-state index contributed by atoms with van der Waals surface area (Å²) in [5, 5.41) is 10.0. The lowest BCUT2D eigenvalue weighted by Crippen LogP contribution is -2.37. The van der Waals surface area contributed by atoms with Gasteiger partial charge in [0.15, 0.2) is 29.7 Å². The Kier molecular flexibility index (Phi) is 6.82. The van der Waals surface area contributed by atoms with Crippen LogP contribution in [0.15, 0.2) is 34.4 Å². The van der Waals surface area contributed by atoms with E-state index in [9.17, 15) is 14.7 Å². The predicted molar refractivity (Wildman–Crippen MR) is 145 cm³/mol. The van der Waals surface area contributed by atoms with Gasteiger partial charge in [-0.3, -0.25) is 18.9 Å². The fourth-order valence-corrected chi connectivity index (χ4v) is 7.19. The third-order valence-electron chi connectivity index (χ3n) is 7.75. The van der Waals surface area contributed by atoms with Gasteiger partial charge in [0.2, 0.25) is 0 Å². The molecule has 42 heavy (non-hydrogen) atoms. The Morgan fingerprint density at radius 2 is 1.64 bits per heavy atom. The first kappa shape index (κ1) is 28.1. The zero-order valence-corrected chi connectivity index (χ0v) is 24.2. The number of H-pyrrole nitrogens is 1. The quantitative estimate of drug-likeness (QED) is 0.381. The third-order valence-corrected chi connectivity index (χ3v) is 8.78. The van der Waals surface area contributed by atoms with Gasteiger partial charge in [0.25, 0.3) is 5.56 Å². The second-order valence-corrected chi connectivity index (χ2v) is 12.6. The molecular formula is C26H32N6O9S. The van der Waals surface area contributed by atoms with Crippen LogP contribution in [0.5, 0.6) is 0 Å². The summed E-state index contributed by atoms with van der Waals surface area (Å²) in [6.45, 7) is 7.08. The summed E-state index contributed by atoms with van der Waals surface area (Å²) in [7, 11) is 0. The molecule has 0 aliphatic carbocycles. The molecule has 7 rings (SSSR count). The van der Waals surface area contributed by atoms with Crippen LogP contribution in [0.1, 0.15) is 46.0 Å². The smallest absolute Gasteiger partial charge is 0.330 e. The fraction of sp³-hybridized carbons (Fsp3) is 0.654. The molecule has 0 radical (unpaired) electrons. The summed E-state index contributed by atoms with van der Waals surface area (Å²) in [6.07, 6.45) is 0.214. The minimum atomic E-state index is -0.866. The molecule has 8 atom stereocenters. The number of aliphatic hydroxyl groups is 1. The van der Waals surface area contributed by atoms with Crippen molar-refractivity contribution in [3.05, 3.63) is 51.4 Å². The van der Waals surface area contributed by atoms with Gasteiger partial charge in [-0.2, -0.15) is 11.8 Å². The van der Waals surface area contributed by atoms with Crippen LogP contribution in [0.2, 0.25) is 0 Å². The van der Waals surface area contributed by atoms with Crippen LogP contribution in [0.25, 0.3) is 11.2 Å². The zero-order chi connectivity index (χ0) is 29.4. The number of thioether (sulfide) groups is 1. The highest BCUT2D eigenvalue weighted by molar-refractivity contribution is 7.98. The predicted octanol–water partition coefficient (Wildman–Crippen LogP) is 0.437. The van der Waals surface area contributed by atoms with Gasteiger partial charge in [-0.05, 0) is 27.7 Å². The second kappa shape index (κ2) is 10.2. The molecule has 2 N–H and O–H groups in total. The van der Waals surface area contributed by atoms with E-state index in [2.05, 4.69) is 15.0 Å². The number of hydrogen-bond donors (Lipinski definition) is 2. The van der Waals surface area contributed by atoms with Crippen LogP contribution < -0.4 is 11.2 Å². The minimum absolute atomic E-state index is 0.220. The van der Waals surface area contributed by atoms with Crippen molar-refractivity contribution < 1.29 is 33.5 Å². The van der Waals surface area contributed by atoms with Crippen molar-refractivity contribution >= 4 is 22.9 Å². The molecule has 0 bridgehead atoms. The molecule has 0 saturated carbocycles.